The monoisotopic (exact) mass is 247 g/mol. The van der Waals surface area contributed by atoms with Gasteiger partial charge >= 0.3 is 0 Å². The molecule has 1 saturated heterocycles. The van der Waals surface area contributed by atoms with Crippen molar-refractivity contribution in [3.63, 3.8) is 0 Å². The van der Waals surface area contributed by atoms with Crippen molar-refractivity contribution in [1.29, 1.82) is 0 Å². The molecule has 82 valence electrons. The van der Waals surface area contributed by atoms with Crippen molar-refractivity contribution >= 4 is 28.9 Å². The van der Waals surface area contributed by atoms with Gasteiger partial charge in [-0.25, -0.2) is 0 Å². The Kier molecular flexibility index (Phi) is 3.36. The molecule has 5 heteroatoms. The number of benzene rings is 1. The predicted octanol–water partition coefficient (Wildman–Crippen LogP) is 2.17. The van der Waals surface area contributed by atoms with E-state index >= 15 is 0 Å². The van der Waals surface area contributed by atoms with Crippen LogP contribution in [-0.2, 0) is 4.74 Å². The summed E-state index contributed by atoms with van der Waals surface area (Å²) in [4.78, 5) is 0. The molecule has 1 aliphatic heterocycles. The summed E-state index contributed by atoms with van der Waals surface area (Å²) < 4.78 is 5.12. The second-order valence-electron chi connectivity index (χ2n) is 3.51. The van der Waals surface area contributed by atoms with Crippen LogP contribution in [0.15, 0.2) is 18.2 Å². The van der Waals surface area contributed by atoms with Gasteiger partial charge in [-0.15, -0.1) is 0 Å². The van der Waals surface area contributed by atoms with Crippen molar-refractivity contribution in [2.24, 2.45) is 0 Å². The first kappa shape index (κ1) is 11.0. The van der Waals surface area contributed by atoms with Crippen molar-refractivity contribution < 1.29 is 9.84 Å². The highest BCUT2D eigenvalue weighted by Gasteiger charge is 2.25. The molecule has 1 fully saturated rings. The maximum Gasteiger partial charge on any atom is 0.0996 e. The van der Waals surface area contributed by atoms with Crippen molar-refractivity contribution in [3.05, 3.63) is 28.2 Å². The summed E-state index contributed by atoms with van der Waals surface area (Å²) in [6, 6.07) is 5.09. The van der Waals surface area contributed by atoms with Gasteiger partial charge in [0.2, 0.25) is 0 Å². The number of rotatable bonds is 2. The number of aliphatic hydroxyl groups is 1. The van der Waals surface area contributed by atoms with Crippen LogP contribution in [0, 0.1) is 0 Å². The normalized spacial score (nSPS) is 25.5. The smallest absolute Gasteiger partial charge is 0.0996 e. The lowest BCUT2D eigenvalue weighted by Gasteiger charge is -2.16. The fourth-order valence-corrected chi connectivity index (χ4v) is 2.06. The van der Waals surface area contributed by atoms with Gasteiger partial charge in [-0.05, 0) is 18.2 Å². The van der Waals surface area contributed by atoms with Gasteiger partial charge < -0.3 is 15.2 Å². The number of ether oxygens (including phenoxy) is 1. The zero-order valence-corrected chi connectivity index (χ0v) is 9.42. The highest BCUT2D eigenvalue weighted by molar-refractivity contribution is 6.35. The van der Waals surface area contributed by atoms with Crippen LogP contribution in [0.2, 0.25) is 10.0 Å². The third kappa shape index (κ3) is 2.75. The van der Waals surface area contributed by atoms with Crippen LogP contribution in [-0.4, -0.2) is 30.5 Å². The van der Waals surface area contributed by atoms with Crippen molar-refractivity contribution in [2.75, 3.05) is 18.5 Å². The summed E-state index contributed by atoms with van der Waals surface area (Å²) in [5, 5.41) is 13.8. The summed E-state index contributed by atoms with van der Waals surface area (Å²) >= 11 is 11.7. The third-order valence-corrected chi connectivity index (χ3v) is 2.70. The minimum Gasteiger partial charge on any atom is -0.388 e. The Hall–Kier alpha value is -0.480. The van der Waals surface area contributed by atoms with Crippen LogP contribution in [0.4, 0.5) is 5.69 Å². The maximum atomic E-state index is 9.54. The van der Waals surface area contributed by atoms with E-state index in [0.717, 1.165) is 5.69 Å². The molecule has 0 aromatic heterocycles. The molecule has 1 aliphatic rings. The molecule has 0 radical (unpaired) electrons. The van der Waals surface area contributed by atoms with Gasteiger partial charge in [0.1, 0.15) is 0 Å². The second kappa shape index (κ2) is 4.58. The second-order valence-corrected chi connectivity index (χ2v) is 4.39. The van der Waals surface area contributed by atoms with Crippen LogP contribution >= 0.6 is 23.2 Å². The average molecular weight is 248 g/mol. The molecule has 0 amide bonds. The minimum atomic E-state index is -0.484. The van der Waals surface area contributed by atoms with E-state index in [1.165, 1.54) is 0 Å². The molecule has 0 bridgehead atoms. The van der Waals surface area contributed by atoms with Gasteiger partial charge in [0.05, 0.1) is 25.4 Å². The van der Waals surface area contributed by atoms with E-state index in [1.807, 2.05) is 0 Å². The highest BCUT2D eigenvalue weighted by atomic mass is 35.5. The van der Waals surface area contributed by atoms with E-state index in [0.29, 0.717) is 23.3 Å². The minimum absolute atomic E-state index is 0.0977. The quantitative estimate of drug-likeness (QED) is 0.842. The van der Waals surface area contributed by atoms with Gasteiger partial charge in [-0.1, -0.05) is 23.2 Å². The molecule has 2 N–H and O–H groups in total. The first-order chi connectivity index (χ1) is 7.15. The summed E-state index contributed by atoms with van der Waals surface area (Å²) in [6.45, 7) is 0.858. The fraction of sp³-hybridized carbons (Fsp3) is 0.400. The van der Waals surface area contributed by atoms with Gasteiger partial charge in [0.15, 0.2) is 0 Å². The van der Waals surface area contributed by atoms with Gasteiger partial charge in [-0.3, -0.25) is 0 Å². The van der Waals surface area contributed by atoms with E-state index in [1.54, 1.807) is 18.2 Å². The zero-order chi connectivity index (χ0) is 10.8. The van der Waals surface area contributed by atoms with Crippen molar-refractivity contribution in [3.8, 4) is 0 Å². The summed E-state index contributed by atoms with van der Waals surface area (Å²) in [5.41, 5.74) is 0.794. The molecule has 1 heterocycles. The first-order valence-electron chi connectivity index (χ1n) is 4.63. The maximum absolute atomic E-state index is 9.54. The third-order valence-electron chi connectivity index (χ3n) is 2.27. The molecule has 0 saturated carbocycles. The molecule has 0 spiro atoms. The predicted molar refractivity (Wildman–Crippen MR) is 60.7 cm³/mol. The first-order valence-corrected chi connectivity index (χ1v) is 5.39. The molecule has 1 aromatic rings. The molecule has 3 nitrogen and oxygen atoms in total. The number of hydrogen-bond donors (Lipinski definition) is 2. The summed E-state index contributed by atoms with van der Waals surface area (Å²) in [5.74, 6) is 0. The van der Waals surface area contributed by atoms with Crippen LogP contribution in [0.3, 0.4) is 0 Å². The average Bonchev–Trinajstić information content (AvgIpc) is 2.50. The van der Waals surface area contributed by atoms with E-state index in [-0.39, 0.29) is 6.04 Å². The SMILES string of the molecule is OC1COCC1Nc1cc(Cl)cc(Cl)c1. The lowest BCUT2D eigenvalue weighted by atomic mass is 10.2. The number of aliphatic hydroxyl groups excluding tert-OH is 1. The Morgan fingerprint density at radius 1 is 1.20 bits per heavy atom. The molecule has 2 unspecified atom stereocenters. The largest absolute Gasteiger partial charge is 0.388 e. The molecule has 2 rings (SSSR count). The van der Waals surface area contributed by atoms with Gasteiger partial charge in [0, 0.05) is 15.7 Å². The molecular weight excluding hydrogens is 237 g/mol. The Bertz CT molecular complexity index is 339. The number of hydrogen-bond acceptors (Lipinski definition) is 3. The number of anilines is 1. The summed E-state index contributed by atoms with van der Waals surface area (Å²) in [7, 11) is 0. The topological polar surface area (TPSA) is 41.5 Å². The van der Waals surface area contributed by atoms with E-state index < -0.39 is 6.10 Å². The van der Waals surface area contributed by atoms with Crippen LogP contribution in [0.25, 0.3) is 0 Å². The van der Waals surface area contributed by atoms with Crippen LogP contribution in [0.1, 0.15) is 0 Å². The Morgan fingerprint density at radius 3 is 2.40 bits per heavy atom. The van der Waals surface area contributed by atoms with E-state index in [2.05, 4.69) is 5.32 Å². The van der Waals surface area contributed by atoms with E-state index in [9.17, 15) is 5.11 Å². The van der Waals surface area contributed by atoms with E-state index in [4.69, 9.17) is 27.9 Å². The molecule has 1 aromatic carbocycles. The lowest BCUT2D eigenvalue weighted by Crippen LogP contribution is -2.31. The van der Waals surface area contributed by atoms with Crippen molar-refractivity contribution in [1.82, 2.24) is 0 Å². The van der Waals surface area contributed by atoms with Crippen molar-refractivity contribution in [2.45, 2.75) is 12.1 Å². The van der Waals surface area contributed by atoms with Gasteiger partial charge in [-0.2, -0.15) is 0 Å². The molecule has 15 heavy (non-hydrogen) atoms. The highest BCUT2D eigenvalue weighted by Crippen LogP contribution is 2.24. The van der Waals surface area contributed by atoms with Gasteiger partial charge in [0.25, 0.3) is 0 Å². The zero-order valence-electron chi connectivity index (χ0n) is 7.91. The van der Waals surface area contributed by atoms with Crippen LogP contribution < -0.4 is 5.32 Å². The molecule has 0 aliphatic carbocycles. The lowest BCUT2D eigenvalue weighted by molar-refractivity contribution is 0.125. The number of nitrogens with one attached hydrogen (secondary N) is 1. The molecule has 2 atom stereocenters. The number of halogens is 2. The fourth-order valence-electron chi connectivity index (χ4n) is 1.53. The standard InChI is InChI=1S/C10H11Cl2NO2/c11-6-1-7(12)3-8(2-6)13-9-4-15-5-10(9)14/h1-3,9-10,13-14H,4-5H2. The van der Waals surface area contributed by atoms with Crippen LogP contribution in [0.5, 0.6) is 0 Å². The Morgan fingerprint density at radius 2 is 1.87 bits per heavy atom. The molecular formula is C10H11Cl2NO2. The Labute approximate surface area is 97.9 Å². The Balaban J connectivity index is 2.10. The summed E-state index contributed by atoms with van der Waals surface area (Å²) in [6.07, 6.45) is -0.484.